The van der Waals surface area contributed by atoms with Gasteiger partial charge in [0.15, 0.2) is 0 Å². The minimum absolute atomic E-state index is 0.0739. The molecule has 1 amide bonds. The lowest BCUT2D eigenvalue weighted by atomic mass is 10.0. The molecule has 0 unspecified atom stereocenters. The molecule has 0 saturated carbocycles. The molecule has 1 aromatic heterocycles. The van der Waals surface area contributed by atoms with Crippen LogP contribution in [0.3, 0.4) is 0 Å². The first-order chi connectivity index (χ1) is 13.0. The van der Waals surface area contributed by atoms with Gasteiger partial charge in [-0.15, -0.1) is 11.3 Å². The second-order valence-corrected chi connectivity index (χ2v) is 10.1. The predicted molar refractivity (Wildman–Crippen MR) is 103 cm³/mol. The summed E-state index contributed by atoms with van der Waals surface area (Å²) >= 11 is 1.19. The van der Waals surface area contributed by atoms with E-state index in [1.165, 1.54) is 15.6 Å². The fourth-order valence-electron chi connectivity index (χ4n) is 3.54. The molecule has 27 heavy (non-hydrogen) atoms. The number of sulfonamides is 1. The number of para-hydroxylation sites is 1. The number of amides is 1. The molecule has 0 aliphatic carbocycles. The minimum Gasteiger partial charge on any atom is -0.493 e. The minimum atomic E-state index is -3.42. The lowest BCUT2D eigenvalue weighted by Gasteiger charge is -2.26. The number of hydrogen-bond donors (Lipinski definition) is 1. The van der Waals surface area contributed by atoms with Crippen LogP contribution in [0.1, 0.15) is 35.7 Å². The number of hydrogen-bond acceptors (Lipinski definition) is 5. The van der Waals surface area contributed by atoms with Crippen molar-refractivity contribution in [3.05, 3.63) is 46.8 Å². The van der Waals surface area contributed by atoms with Gasteiger partial charge in [0.1, 0.15) is 9.96 Å². The van der Waals surface area contributed by atoms with E-state index in [4.69, 9.17) is 4.74 Å². The van der Waals surface area contributed by atoms with E-state index in [0.29, 0.717) is 23.9 Å². The molecule has 2 aliphatic rings. The van der Waals surface area contributed by atoms with Crippen LogP contribution in [0.2, 0.25) is 0 Å². The molecule has 0 bridgehead atoms. The average Bonchev–Trinajstić information content (AvgIpc) is 3.34. The SMILES string of the molecule is O=C(Cc1ccc(S(=O)(=O)N2CCCC2)s1)N[C@H]1CCOc2ccccc21. The van der Waals surface area contributed by atoms with E-state index >= 15 is 0 Å². The number of thiophene rings is 1. The Morgan fingerprint density at radius 3 is 2.78 bits per heavy atom. The van der Waals surface area contributed by atoms with Gasteiger partial charge in [-0.3, -0.25) is 4.79 Å². The highest BCUT2D eigenvalue weighted by Crippen LogP contribution is 2.32. The summed E-state index contributed by atoms with van der Waals surface area (Å²) in [4.78, 5) is 13.3. The van der Waals surface area contributed by atoms with Gasteiger partial charge in [0.05, 0.1) is 19.1 Å². The fourth-order valence-corrected chi connectivity index (χ4v) is 6.57. The summed E-state index contributed by atoms with van der Waals surface area (Å²) in [5.74, 6) is 0.702. The average molecular weight is 407 g/mol. The highest BCUT2D eigenvalue weighted by molar-refractivity contribution is 7.91. The second kappa shape index (κ2) is 7.61. The van der Waals surface area contributed by atoms with E-state index < -0.39 is 10.0 Å². The Morgan fingerprint density at radius 2 is 1.96 bits per heavy atom. The van der Waals surface area contributed by atoms with Gasteiger partial charge in [0.2, 0.25) is 5.91 Å². The Hall–Kier alpha value is -1.90. The number of carbonyl (C=O) groups excluding carboxylic acids is 1. The first-order valence-electron chi connectivity index (χ1n) is 9.14. The molecule has 4 rings (SSSR count). The maximum absolute atomic E-state index is 12.6. The number of rotatable bonds is 5. The van der Waals surface area contributed by atoms with Gasteiger partial charge in [0.25, 0.3) is 10.0 Å². The highest BCUT2D eigenvalue weighted by Gasteiger charge is 2.29. The maximum Gasteiger partial charge on any atom is 0.252 e. The quantitative estimate of drug-likeness (QED) is 0.828. The standard InChI is InChI=1S/C19H22N2O4S2/c22-18(20-16-9-12-25-17-6-2-1-5-15(16)17)13-14-7-8-19(26-14)27(23,24)21-10-3-4-11-21/h1-2,5-8,16H,3-4,9-13H2,(H,20,22)/t16-/m0/s1. The summed E-state index contributed by atoms with van der Waals surface area (Å²) < 4.78 is 32.7. The molecule has 144 valence electrons. The van der Waals surface area contributed by atoms with Crippen LogP contribution in [-0.2, 0) is 21.2 Å². The number of carbonyl (C=O) groups is 1. The Morgan fingerprint density at radius 1 is 1.19 bits per heavy atom. The highest BCUT2D eigenvalue weighted by atomic mass is 32.2. The van der Waals surface area contributed by atoms with Crippen molar-refractivity contribution in [2.45, 2.75) is 35.9 Å². The number of nitrogens with one attached hydrogen (secondary N) is 1. The molecule has 3 heterocycles. The topological polar surface area (TPSA) is 75.7 Å². The van der Waals surface area contributed by atoms with E-state index in [2.05, 4.69) is 5.32 Å². The van der Waals surface area contributed by atoms with Crippen LogP contribution in [0.4, 0.5) is 0 Å². The largest absolute Gasteiger partial charge is 0.493 e. The summed E-state index contributed by atoms with van der Waals surface area (Å²) in [6.45, 7) is 1.73. The van der Waals surface area contributed by atoms with E-state index in [1.54, 1.807) is 12.1 Å². The molecule has 1 saturated heterocycles. The molecule has 0 radical (unpaired) electrons. The second-order valence-electron chi connectivity index (χ2n) is 6.80. The molecule has 1 atom stereocenters. The molecule has 1 aromatic carbocycles. The first kappa shape index (κ1) is 18.5. The van der Waals surface area contributed by atoms with Gasteiger partial charge in [-0.25, -0.2) is 8.42 Å². The zero-order chi connectivity index (χ0) is 18.9. The van der Waals surface area contributed by atoms with Crippen molar-refractivity contribution in [1.29, 1.82) is 0 Å². The molecule has 1 fully saturated rings. The summed E-state index contributed by atoms with van der Waals surface area (Å²) in [7, 11) is -3.42. The first-order valence-corrected chi connectivity index (χ1v) is 11.4. The third-order valence-electron chi connectivity index (χ3n) is 4.92. The van der Waals surface area contributed by atoms with Gasteiger partial charge >= 0.3 is 0 Å². The molecule has 2 aliphatic heterocycles. The molecule has 1 N–H and O–H groups in total. The van der Waals surface area contributed by atoms with Crippen molar-refractivity contribution >= 4 is 27.3 Å². The summed E-state index contributed by atoms with van der Waals surface area (Å²) in [6.07, 6.45) is 2.72. The Kier molecular flexibility index (Phi) is 5.21. The molecule has 2 aromatic rings. The smallest absolute Gasteiger partial charge is 0.252 e. The molecule has 0 spiro atoms. The monoisotopic (exact) mass is 406 g/mol. The Balaban J connectivity index is 1.42. The van der Waals surface area contributed by atoms with Crippen LogP contribution in [0.15, 0.2) is 40.6 Å². The Bertz CT molecular complexity index is 933. The Labute approximate surface area is 163 Å². The zero-order valence-electron chi connectivity index (χ0n) is 14.9. The van der Waals surface area contributed by atoms with E-state index in [9.17, 15) is 13.2 Å². The normalized spacial score (nSPS) is 20.1. The lowest BCUT2D eigenvalue weighted by molar-refractivity contribution is -0.121. The van der Waals surface area contributed by atoms with Gasteiger partial charge in [0, 0.05) is 30.0 Å². The van der Waals surface area contributed by atoms with Crippen LogP contribution in [0, 0.1) is 0 Å². The van der Waals surface area contributed by atoms with Crippen molar-refractivity contribution in [3.63, 3.8) is 0 Å². The fraction of sp³-hybridized carbons (Fsp3) is 0.421. The number of nitrogens with zero attached hydrogens (tertiary/aromatic N) is 1. The number of fused-ring (bicyclic) bond motifs is 1. The third kappa shape index (κ3) is 3.88. The van der Waals surface area contributed by atoms with Crippen LogP contribution in [0.5, 0.6) is 5.75 Å². The molecular weight excluding hydrogens is 384 g/mol. The van der Waals surface area contributed by atoms with Crippen LogP contribution >= 0.6 is 11.3 Å². The van der Waals surface area contributed by atoms with Gasteiger partial charge < -0.3 is 10.1 Å². The van der Waals surface area contributed by atoms with Crippen LogP contribution in [-0.4, -0.2) is 38.3 Å². The summed E-state index contributed by atoms with van der Waals surface area (Å²) in [5, 5.41) is 3.05. The summed E-state index contributed by atoms with van der Waals surface area (Å²) in [5.41, 5.74) is 0.987. The van der Waals surface area contributed by atoms with Crippen LogP contribution < -0.4 is 10.1 Å². The zero-order valence-corrected chi connectivity index (χ0v) is 16.5. The van der Waals surface area contributed by atoms with Crippen molar-refractivity contribution in [3.8, 4) is 5.75 Å². The predicted octanol–water partition coefficient (Wildman–Crippen LogP) is 2.72. The molecular formula is C19H22N2O4S2. The maximum atomic E-state index is 12.6. The number of ether oxygens (including phenoxy) is 1. The van der Waals surface area contributed by atoms with E-state index in [-0.39, 0.29) is 18.4 Å². The van der Waals surface area contributed by atoms with Crippen LogP contribution in [0.25, 0.3) is 0 Å². The van der Waals surface area contributed by atoms with E-state index in [0.717, 1.165) is 35.5 Å². The number of benzene rings is 1. The molecule has 6 nitrogen and oxygen atoms in total. The van der Waals surface area contributed by atoms with Crippen molar-refractivity contribution in [1.82, 2.24) is 9.62 Å². The van der Waals surface area contributed by atoms with Crippen molar-refractivity contribution in [2.24, 2.45) is 0 Å². The van der Waals surface area contributed by atoms with Gasteiger partial charge in [-0.2, -0.15) is 4.31 Å². The third-order valence-corrected chi connectivity index (χ3v) is 8.38. The van der Waals surface area contributed by atoms with Crippen molar-refractivity contribution < 1.29 is 17.9 Å². The molecule has 8 heteroatoms. The van der Waals surface area contributed by atoms with Gasteiger partial charge in [-0.05, 0) is 31.0 Å². The van der Waals surface area contributed by atoms with Crippen molar-refractivity contribution in [2.75, 3.05) is 19.7 Å². The van der Waals surface area contributed by atoms with E-state index in [1.807, 2.05) is 24.3 Å². The van der Waals surface area contributed by atoms with Gasteiger partial charge in [-0.1, -0.05) is 18.2 Å². The summed E-state index contributed by atoms with van der Waals surface area (Å²) in [6, 6.07) is 11.0. The lowest BCUT2D eigenvalue weighted by Crippen LogP contribution is -2.33.